The summed E-state index contributed by atoms with van der Waals surface area (Å²) < 4.78 is 5.22. The van der Waals surface area contributed by atoms with Crippen LogP contribution in [0.25, 0.3) is 0 Å². The van der Waals surface area contributed by atoms with Crippen LogP contribution in [0.1, 0.15) is 49.7 Å². The van der Waals surface area contributed by atoms with E-state index >= 15 is 0 Å². The molecule has 0 unspecified atom stereocenters. The van der Waals surface area contributed by atoms with Gasteiger partial charge in [-0.3, -0.25) is 9.69 Å². The van der Waals surface area contributed by atoms with E-state index in [0.29, 0.717) is 17.7 Å². The van der Waals surface area contributed by atoms with Gasteiger partial charge in [0.25, 0.3) is 0 Å². The number of carbonyl (C=O) groups is 1. The highest BCUT2D eigenvalue weighted by Crippen LogP contribution is 2.51. The summed E-state index contributed by atoms with van der Waals surface area (Å²) in [4.78, 5) is 17.5. The van der Waals surface area contributed by atoms with Crippen molar-refractivity contribution in [1.82, 2.24) is 9.80 Å². The summed E-state index contributed by atoms with van der Waals surface area (Å²) in [6, 6.07) is 19.0. The van der Waals surface area contributed by atoms with E-state index in [0.717, 1.165) is 44.5 Å². The van der Waals surface area contributed by atoms with E-state index in [1.54, 1.807) is 7.11 Å². The highest BCUT2D eigenvalue weighted by Gasteiger charge is 2.48. The van der Waals surface area contributed by atoms with Crippen LogP contribution in [-0.2, 0) is 16.8 Å². The fourth-order valence-corrected chi connectivity index (χ4v) is 5.69. The van der Waals surface area contributed by atoms with E-state index in [4.69, 9.17) is 4.74 Å². The second kappa shape index (κ2) is 9.04. The molecule has 1 aliphatic carbocycles. The van der Waals surface area contributed by atoms with Crippen molar-refractivity contribution < 1.29 is 9.53 Å². The van der Waals surface area contributed by atoms with Crippen molar-refractivity contribution in [2.45, 2.75) is 50.5 Å². The van der Waals surface area contributed by atoms with Gasteiger partial charge in [-0.2, -0.15) is 0 Å². The molecule has 0 atom stereocenters. The van der Waals surface area contributed by atoms with Gasteiger partial charge in [-0.05, 0) is 81.3 Å². The molecule has 1 heterocycles. The molecule has 1 spiro atoms. The number of amides is 1. The largest absolute Gasteiger partial charge is 0.497 e. The van der Waals surface area contributed by atoms with Crippen molar-refractivity contribution >= 4 is 5.91 Å². The molecule has 31 heavy (non-hydrogen) atoms. The Morgan fingerprint density at radius 1 is 0.968 bits per heavy atom. The Bertz CT molecular complexity index is 868. The third kappa shape index (κ3) is 4.50. The van der Waals surface area contributed by atoms with Gasteiger partial charge in [-0.25, -0.2) is 0 Å². The second-order valence-corrected chi connectivity index (χ2v) is 9.71. The zero-order chi connectivity index (χ0) is 21.9. The van der Waals surface area contributed by atoms with Crippen LogP contribution in [0, 0.1) is 5.41 Å². The summed E-state index contributed by atoms with van der Waals surface area (Å²) in [7, 11) is 6.11. The van der Waals surface area contributed by atoms with Crippen molar-refractivity contribution in [2.24, 2.45) is 5.41 Å². The van der Waals surface area contributed by atoms with Crippen LogP contribution in [0.3, 0.4) is 0 Å². The Kier molecular flexibility index (Phi) is 6.38. The first-order valence-electron chi connectivity index (χ1n) is 11.6. The van der Waals surface area contributed by atoms with Crippen LogP contribution < -0.4 is 4.74 Å². The van der Waals surface area contributed by atoms with E-state index < -0.39 is 0 Å². The second-order valence-electron chi connectivity index (χ2n) is 9.71. The number of aryl methyl sites for hydroxylation is 1. The van der Waals surface area contributed by atoms with Crippen LogP contribution in [-0.4, -0.2) is 50.0 Å². The summed E-state index contributed by atoms with van der Waals surface area (Å²) in [5.41, 5.74) is 3.06. The van der Waals surface area contributed by atoms with Crippen LogP contribution in [0.5, 0.6) is 5.75 Å². The number of hydrogen-bond donors (Lipinski definition) is 0. The average molecular weight is 421 g/mol. The SMILES string of the molecule is COc1ccc(CCC(=O)N2CC[C@]3(CC[C@@](c4ccccc4)(N(C)C)CC3)C2)cc1. The number of carbonyl (C=O) groups excluding carboxylic acids is 1. The molecule has 2 aliphatic rings. The smallest absolute Gasteiger partial charge is 0.222 e. The van der Waals surface area contributed by atoms with Crippen molar-refractivity contribution in [1.29, 1.82) is 0 Å². The minimum Gasteiger partial charge on any atom is -0.497 e. The van der Waals surface area contributed by atoms with Gasteiger partial charge in [-0.1, -0.05) is 42.5 Å². The van der Waals surface area contributed by atoms with Gasteiger partial charge >= 0.3 is 0 Å². The van der Waals surface area contributed by atoms with Crippen LogP contribution >= 0.6 is 0 Å². The van der Waals surface area contributed by atoms with Crippen molar-refractivity contribution in [3.8, 4) is 5.75 Å². The lowest BCUT2D eigenvalue weighted by molar-refractivity contribution is -0.130. The number of hydrogen-bond acceptors (Lipinski definition) is 3. The summed E-state index contributed by atoms with van der Waals surface area (Å²) >= 11 is 0. The van der Waals surface area contributed by atoms with Crippen LogP contribution in [0.2, 0.25) is 0 Å². The Balaban J connectivity index is 1.34. The molecule has 4 rings (SSSR count). The molecule has 0 radical (unpaired) electrons. The minimum absolute atomic E-state index is 0.123. The van der Waals surface area contributed by atoms with E-state index in [-0.39, 0.29) is 5.54 Å². The molecule has 0 N–H and O–H groups in total. The van der Waals surface area contributed by atoms with Crippen LogP contribution in [0.15, 0.2) is 54.6 Å². The monoisotopic (exact) mass is 420 g/mol. The number of ether oxygens (including phenoxy) is 1. The lowest BCUT2D eigenvalue weighted by Crippen LogP contribution is -2.47. The van der Waals surface area contributed by atoms with E-state index in [1.165, 1.54) is 24.0 Å². The fourth-order valence-electron chi connectivity index (χ4n) is 5.69. The standard InChI is InChI=1S/C27H36N2O2/c1-28(2)27(23-7-5-4-6-8-23)17-15-26(16-18-27)19-20-29(21-26)25(30)14-11-22-9-12-24(31-3)13-10-22/h4-10,12-13H,11,14-21H2,1-3H3/t26-,27-. The van der Waals surface area contributed by atoms with E-state index in [2.05, 4.69) is 66.4 Å². The van der Waals surface area contributed by atoms with Crippen molar-refractivity contribution in [3.05, 3.63) is 65.7 Å². The van der Waals surface area contributed by atoms with Gasteiger partial charge in [0.2, 0.25) is 5.91 Å². The Hall–Kier alpha value is -2.33. The first-order chi connectivity index (χ1) is 15.0. The van der Waals surface area contributed by atoms with Crippen LogP contribution in [0.4, 0.5) is 0 Å². The molecule has 166 valence electrons. The maximum atomic E-state index is 12.9. The van der Waals surface area contributed by atoms with Crippen molar-refractivity contribution in [3.63, 3.8) is 0 Å². The molecule has 1 aliphatic heterocycles. The predicted molar refractivity (Wildman–Crippen MR) is 125 cm³/mol. The summed E-state index contributed by atoms with van der Waals surface area (Å²) in [6.07, 6.45) is 7.26. The van der Waals surface area contributed by atoms with Gasteiger partial charge in [-0.15, -0.1) is 0 Å². The summed E-state index contributed by atoms with van der Waals surface area (Å²) in [5, 5.41) is 0. The topological polar surface area (TPSA) is 32.8 Å². The quantitative estimate of drug-likeness (QED) is 0.668. The van der Waals surface area contributed by atoms with Gasteiger partial charge in [0.05, 0.1) is 7.11 Å². The number of nitrogens with zero attached hydrogens (tertiary/aromatic N) is 2. The average Bonchev–Trinajstić information content (AvgIpc) is 3.22. The molecule has 2 aromatic rings. The third-order valence-corrected chi connectivity index (χ3v) is 7.88. The zero-order valence-corrected chi connectivity index (χ0v) is 19.3. The van der Waals surface area contributed by atoms with E-state index in [9.17, 15) is 4.79 Å². The first-order valence-corrected chi connectivity index (χ1v) is 11.6. The molecule has 0 bridgehead atoms. The van der Waals surface area contributed by atoms with Crippen molar-refractivity contribution in [2.75, 3.05) is 34.3 Å². The zero-order valence-electron chi connectivity index (χ0n) is 19.3. The van der Waals surface area contributed by atoms with Gasteiger partial charge in [0.15, 0.2) is 0 Å². The lowest BCUT2D eigenvalue weighted by atomic mass is 9.64. The normalized spacial score (nSPS) is 25.9. The lowest BCUT2D eigenvalue weighted by Gasteiger charge is -2.49. The summed E-state index contributed by atoms with van der Waals surface area (Å²) in [6.45, 7) is 1.86. The molecule has 4 nitrogen and oxygen atoms in total. The maximum absolute atomic E-state index is 12.9. The Morgan fingerprint density at radius 3 is 2.26 bits per heavy atom. The predicted octanol–water partition coefficient (Wildman–Crippen LogP) is 4.88. The Labute approximate surface area is 187 Å². The molecular formula is C27H36N2O2. The maximum Gasteiger partial charge on any atom is 0.222 e. The molecule has 2 fully saturated rings. The number of methoxy groups -OCH3 is 1. The highest BCUT2D eigenvalue weighted by molar-refractivity contribution is 5.76. The molecule has 2 aromatic carbocycles. The molecule has 0 aromatic heterocycles. The number of benzene rings is 2. The number of rotatable bonds is 6. The molecule has 1 amide bonds. The van der Waals surface area contributed by atoms with Gasteiger partial charge in [0, 0.05) is 25.0 Å². The van der Waals surface area contributed by atoms with E-state index in [1.807, 2.05) is 12.1 Å². The van der Waals surface area contributed by atoms with Gasteiger partial charge in [0.1, 0.15) is 5.75 Å². The minimum atomic E-state index is 0.123. The molecule has 4 heteroatoms. The fraction of sp³-hybridized carbons (Fsp3) is 0.519. The highest BCUT2D eigenvalue weighted by atomic mass is 16.5. The molecular weight excluding hydrogens is 384 g/mol. The third-order valence-electron chi connectivity index (χ3n) is 7.88. The summed E-state index contributed by atoms with van der Waals surface area (Å²) in [5.74, 6) is 1.17. The number of likely N-dealkylation sites (tertiary alicyclic amines) is 1. The molecule has 1 saturated heterocycles. The van der Waals surface area contributed by atoms with Gasteiger partial charge < -0.3 is 9.64 Å². The molecule has 1 saturated carbocycles. The first kappa shape index (κ1) is 21.9. The Morgan fingerprint density at radius 2 is 1.65 bits per heavy atom.